The summed E-state index contributed by atoms with van der Waals surface area (Å²) in [4.78, 5) is 27.8. The van der Waals surface area contributed by atoms with Crippen LogP contribution in [-0.4, -0.2) is 63.9 Å². The molecule has 1 atom stereocenters. The average Bonchev–Trinajstić information content (AvgIpc) is 3.18. The van der Waals surface area contributed by atoms with E-state index < -0.39 is 0 Å². The molecular weight excluding hydrogens is 308 g/mol. The lowest BCUT2D eigenvalue weighted by Gasteiger charge is -2.34. The van der Waals surface area contributed by atoms with Crippen LogP contribution in [0.15, 0.2) is 36.4 Å². The Morgan fingerprint density at radius 2 is 2.04 bits per heavy atom. The van der Waals surface area contributed by atoms with Gasteiger partial charge >= 0.3 is 6.09 Å². The number of rotatable bonds is 2. The Kier molecular flexibility index (Phi) is 3.48. The number of benzene rings is 1. The summed E-state index contributed by atoms with van der Waals surface area (Å²) < 4.78 is 6.77. The van der Waals surface area contributed by atoms with Gasteiger partial charge in [-0.2, -0.15) is 5.10 Å². The second-order valence-electron chi connectivity index (χ2n) is 6.08. The summed E-state index contributed by atoms with van der Waals surface area (Å²) >= 11 is 0. The first kappa shape index (κ1) is 14.7. The number of carbonyl (C=O) groups excluding carboxylic acids is 2. The van der Waals surface area contributed by atoms with E-state index in [0.717, 1.165) is 11.3 Å². The Morgan fingerprint density at radius 1 is 1.25 bits per heavy atom. The zero-order chi connectivity index (χ0) is 16.7. The van der Waals surface area contributed by atoms with Crippen molar-refractivity contribution in [3.63, 3.8) is 0 Å². The lowest BCUT2D eigenvalue weighted by Crippen LogP contribution is -2.53. The molecule has 2 aliphatic heterocycles. The van der Waals surface area contributed by atoms with Gasteiger partial charge in [-0.25, -0.2) is 4.79 Å². The van der Waals surface area contributed by atoms with Gasteiger partial charge in [-0.1, -0.05) is 30.3 Å². The third-order valence-corrected chi connectivity index (χ3v) is 4.57. The van der Waals surface area contributed by atoms with Crippen LogP contribution in [0, 0.1) is 0 Å². The molecule has 0 bridgehead atoms. The molecule has 1 unspecified atom stereocenters. The van der Waals surface area contributed by atoms with Crippen LogP contribution in [-0.2, 0) is 11.8 Å². The molecule has 7 nitrogen and oxygen atoms in total. The molecule has 3 heterocycles. The first-order chi connectivity index (χ1) is 11.6. The Bertz CT molecular complexity index is 786. The molecule has 2 aromatic rings. The highest BCUT2D eigenvalue weighted by atomic mass is 16.6. The number of aromatic nitrogens is 2. The average molecular weight is 326 g/mol. The van der Waals surface area contributed by atoms with Crippen molar-refractivity contribution in [2.24, 2.45) is 7.05 Å². The zero-order valence-electron chi connectivity index (χ0n) is 13.4. The molecule has 0 radical (unpaired) electrons. The maximum atomic E-state index is 12.8. The monoisotopic (exact) mass is 326 g/mol. The topological polar surface area (TPSA) is 67.7 Å². The Labute approximate surface area is 139 Å². The molecule has 2 saturated heterocycles. The van der Waals surface area contributed by atoms with Crippen molar-refractivity contribution in [3.8, 4) is 11.3 Å². The van der Waals surface area contributed by atoms with Crippen molar-refractivity contribution < 1.29 is 14.3 Å². The van der Waals surface area contributed by atoms with Gasteiger partial charge in [-0.3, -0.25) is 14.4 Å². The van der Waals surface area contributed by atoms with Crippen LogP contribution in [0.3, 0.4) is 0 Å². The number of hydrogen-bond acceptors (Lipinski definition) is 4. The van der Waals surface area contributed by atoms with Gasteiger partial charge in [0.1, 0.15) is 6.61 Å². The number of piperazine rings is 1. The minimum absolute atomic E-state index is 0.0486. The van der Waals surface area contributed by atoms with E-state index in [0.29, 0.717) is 31.9 Å². The number of aryl methyl sites for hydroxylation is 1. The van der Waals surface area contributed by atoms with Crippen LogP contribution in [0.2, 0.25) is 0 Å². The second-order valence-corrected chi connectivity index (χ2v) is 6.08. The molecule has 24 heavy (non-hydrogen) atoms. The number of ether oxygens (including phenoxy) is 1. The van der Waals surface area contributed by atoms with E-state index in [1.165, 1.54) is 0 Å². The standard InChI is InChI=1S/C17H18N4O3/c1-19-15(12-5-3-2-4-6-12)9-14(18-19)16(22)20-7-8-21-13(10-20)11-24-17(21)23/h2-6,9,13H,7-8,10-11H2,1H3. The fourth-order valence-electron chi connectivity index (χ4n) is 3.29. The smallest absolute Gasteiger partial charge is 0.410 e. The Balaban J connectivity index is 1.54. The fraction of sp³-hybridized carbons (Fsp3) is 0.353. The summed E-state index contributed by atoms with van der Waals surface area (Å²) in [6.45, 7) is 1.84. The minimum atomic E-state index is -0.281. The summed E-state index contributed by atoms with van der Waals surface area (Å²) in [5.41, 5.74) is 2.35. The Morgan fingerprint density at radius 3 is 2.83 bits per heavy atom. The molecule has 0 spiro atoms. The Hall–Kier alpha value is -2.83. The molecule has 7 heteroatoms. The van der Waals surface area contributed by atoms with Crippen molar-refractivity contribution in [2.45, 2.75) is 6.04 Å². The van der Waals surface area contributed by atoms with Gasteiger partial charge in [0.25, 0.3) is 5.91 Å². The maximum absolute atomic E-state index is 12.8. The van der Waals surface area contributed by atoms with Crippen LogP contribution in [0.25, 0.3) is 11.3 Å². The van der Waals surface area contributed by atoms with Gasteiger partial charge in [0, 0.05) is 26.7 Å². The van der Waals surface area contributed by atoms with Gasteiger partial charge in [-0.15, -0.1) is 0 Å². The highest BCUT2D eigenvalue weighted by Crippen LogP contribution is 2.22. The highest BCUT2D eigenvalue weighted by molar-refractivity contribution is 5.93. The van der Waals surface area contributed by atoms with E-state index in [2.05, 4.69) is 5.10 Å². The highest BCUT2D eigenvalue weighted by Gasteiger charge is 2.39. The number of cyclic esters (lactones) is 1. The summed E-state index contributed by atoms with van der Waals surface area (Å²) in [5.74, 6) is -0.105. The van der Waals surface area contributed by atoms with Crippen LogP contribution in [0.1, 0.15) is 10.5 Å². The fourth-order valence-corrected chi connectivity index (χ4v) is 3.29. The number of hydrogen-bond donors (Lipinski definition) is 0. The van der Waals surface area contributed by atoms with Crippen LogP contribution < -0.4 is 0 Å². The molecule has 4 rings (SSSR count). The summed E-state index contributed by atoms with van der Waals surface area (Å²) in [5, 5.41) is 4.38. The van der Waals surface area contributed by atoms with E-state index in [1.807, 2.05) is 43.4 Å². The molecule has 1 aromatic heterocycles. The molecular formula is C17H18N4O3. The third kappa shape index (κ3) is 2.42. The van der Waals surface area contributed by atoms with Crippen molar-refractivity contribution in [1.82, 2.24) is 19.6 Å². The summed E-state index contributed by atoms with van der Waals surface area (Å²) in [7, 11) is 1.83. The predicted octanol–water partition coefficient (Wildman–Crippen LogP) is 1.36. The van der Waals surface area contributed by atoms with Crippen molar-refractivity contribution in [2.75, 3.05) is 26.2 Å². The quantitative estimate of drug-likeness (QED) is 0.836. The second kappa shape index (κ2) is 5.67. The summed E-state index contributed by atoms with van der Waals surface area (Å²) in [6, 6.07) is 11.6. The van der Waals surface area contributed by atoms with Gasteiger partial charge in [0.15, 0.2) is 5.69 Å². The normalized spacial score (nSPS) is 20.0. The van der Waals surface area contributed by atoms with E-state index >= 15 is 0 Å². The third-order valence-electron chi connectivity index (χ3n) is 4.57. The van der Waals surface area contributed by atoms with Crippen LogP contribution in [0.5, 0.6) is 0 Å². The zero-order valence-corrected chi connectivity index (χ0v) is 13.4. The lowest BCUT2D eigenvalue weighted by molar-refractivity contribution is 0.0610. The van der Waals surface area contributed by atoms with Crippen molar-refractivity contribution in [1.29, 1.82) is 0 Å². The maximum Gasteiger partial charge on any atom is 0.410 e. The molecule has 124 valence electrons. The molecule has 2 fully saturated rings. The van der Waals surface area contributed by atoms with Gasteiger partial charge in [0.05, 0.1) is 11.7 Å². The molecule has 0 N–H and O–H groups in total. The largest absolute Gasteiger partial charge is 0.447 e. The van der Waals surface area contributed by atoms with Crippen molar-refractivity contribution in [3.05, 3.63) is 42.1 Å². The first-order valence-electron chi connectivity index (χ1n) is 7.95. The van der Waals surface area contributed by atoms with Crippen LogP contribution >= 0.6 is 0 Å². The molecule has 2 aliphatic rings. The van der Waals surface area contributed by atoms with Gasteiger partial charge < -0.3 is 9.64 Å². The number of carbonyl (C=O) groups is 2. The van der Waals surface area contributed by atoms with E-state index in [-0.39, 0.29) is 18.0 Å². The predicted molar refractivity (Wildman–Crippen MR) is 86.4 cm³/mol. The minimum Gasteiger partial charge on any atom is -0.447 e. The number of amides is 2. The lowest BCUT2D eigenvalue weighted by atomic mass is 10.1. The van der Waals surface area contributed by atoms with Crippen LogP contribution in [0.4, 0.5) is 4.79 Å². The number of nitrogens with zero attached hydrogens (tertiary/aromatic N) is 4. The van der Waals surface area contributed by atoms with E-state index in [9.17, 15) is 9.59 Å². The van der Waals surface area contributed by atoms with Gasteiger partial charge in [-0.05, 0) is 11.6 Å². The van der Waals surface area contributed by atoms with Crippen molar-refractivity contribution >= 4 is 12.0 Å². The SMILES string of the molecule is Cn1nc(C(=O)N2CCN3C(=O)OCC3C2)cc1-c1ccccc1. The molecule has 0 saturated carbocycles. The van der Waals surface area contributed by atoms with E-state index in [4.69, 9.17) is 4.74 Å². The molecule has 0 aliphatic carbocycles. The van der Waals surface area contributed by atoms with E-state index in [1.54, 1.807) is 14.5 Å². The van der Waals surface area contributed by atoms with Gasteiger partial charge in [0.2, 0.25) is 0 Å². The molecule has 1 aromatic carbocycles. The molecule has 2 amide bonds. The first-order valence-corrected chi connectivity index (χ1v) is 7.95. The summed E-state index contributed by atoms with van der Waals surface area (Å²) in [6.07, 6.45) is -0.281. The number of fused-ring (bicyclic) bond motifs is 1.